The van der Waals surface area contributed by atoms with E-state index in [4.69, 9.17) is 9.84 Å². The van der Waals surface area contributed by atoms with Crippen LogP contribution in [-0.4, -0.2) is 49.8 Å². The average Bonchev–Trinajstić information content (AvgIpc) is 2.91. The molecule has 1 amide bonds. The summed E-state index contributed by atoms with van der Waals surface area (Å²) in [6, 6.07) is 7.71. The van der Waals surface area contributed by atoms with Crippen LogP contribution < -0.4 is 9.80 Å². The van der Waals surface area contributed by atoms with Gasteiger partial charge >= 0.3 is 5.97 Å². The highest BCUT2D eigenvalue weighted by molar-refractivity contribution is 5.99. The summed E-state index contributed by atoms with van der Waals surface area (Å²) in [5, 5.41) is 9.01. The number of hydrogen-bond donors (Lipinski definition) is 1. The molecule has 1 atom stereocenters. The van der Waals surface area contributed by atoms with Gasteiger partial charge < -0.3 is 19.6 Å². The Hall–Kier alpha value is -2.08. The number of nitrogens with zero attached hydrogens (tertiary/aromatic N) is 2. The van der Waals surface area contributed by atoms with Gasteiger partial charge in [0.15, 0.2) is 0 Å². The first-order valence-electron chi connectivity index (χ1n) is 7.11. The van der Waals surface area contributed by atoms with Gasteiger partial charge in [-0.1, -0.05) is 0 Å². The normalized spacial score (nSPS) is 22.7. The van der Waals surface area contributed by atoms with Crippen molar-refractivity contribution in [1.82, 2.24) is 0 Å². The van der Waals surface area contributed by atoms with Crippen LogP contribution in [0.1, 0.15) is 6.42 Å². The average molecular weight is 290 g/mol. The minimum Gasteiger partial charge on any atom is -0.481 e. The maximum Gasteiger partial charge on any atom is 0.308 e. The van der Waals surface area contributed by atoms with E-state index >= 15 is 0 Å². The van der Waals surface area contributed by atoms with Crippen LogP contribution in [0.25, 0.3) is 0 Å². The Balaban J connectivity index is 1.72. The lowest BCUT2D eigenvalue weighted by Gasteiger charge is -2.29. The lowest BCUT2D eigenvalue weighted by molar-refractivity contribution is -0.141. The van der Waals surface area contributed by atoms with Crippen molar-refractivity contribution in [3.05, 3.63) is 24.3 Å². The van der Waals surface area contributed by atoms with Gasteiger partial charge in [-0.15, -0.1) is 0 Å². The van der Waals surface area contributed by atoms with Crippen molar-refractivity contribution >= 4 is 23.3 Å². The lowest BCUT2D eigenvalue weighted by Crippen LogP contribution is -2.36. The zero-order valence-corrected chi connectivity index (χ0v) is 11.7. The third-order valence-corrected chi connectivity index (χ3v) is 4.01. The van der Waals surface area contributed by atoms with Gasteiger partial charge in [-0.05, 0) is 24.3 Å². The van der Waals surface area contributed by atoms with Crippen LogP contribution in [0.5, 0.6) is 0 Å². The van der Waals surface area contributed by atoms with Crippen LogP contribution in [0.4, 0.5) is 11.4 Å². The summed E-state index contributed by atoms with van der Waals surface area (Å²) < 4.78 is 5.32. The molecule has 1 aromatic rings. The van der Waals surface area contributed by atoms with Crippen molar-refractivity contribution in [2.75, 3.05) is 42.6 Å². The van der Waals surface area contributed by atoms with E-state index < -0.39 is 11.9 Å². The topological polar surface area (TPSA) is 70.1 Å². The Morgan fingerprint density at radius 1 is 1.14 bits per heavy atom. The third kappa shape index (κ3) is 2.85. The molecular formula is C15H18N2O4. The highest BCUT2D eigenvalue weighted by Gasteiger charge is 2.35. The summed E-state index contributed by atoms with van der Waals surface area (Å²) in [7, 11) is 0. The second-order valence-corrected chi connectivity index (χ2v) is 5.36. The van der Waals surface area contributed by atoms with E-state index in [9.17, 15) is 9.59 Å². The summed E-state index contributed by atoms with van der Waals surface area (Å²) in [6.45, 7) is 3.44. The molecule has 2 saturated heterocycles. The highest BCUT2D eigenvalue weighted by Crippen LogP contribution is 2.27. The minimum atomic E-state index is -0.907. The molecule has 0 aromatic heterocycles. The van der Waals surface area contributed by atoms with Crippen LogP contribution in [0.2, 0.25) is 0 Å². The fraction of sp³-hybridized carbons (Fsp3) is 0.467. The largest absolute Gasteiger partial charge is 0.481 e. The Morgan fingerprint density at radius 3 is 2.33 bits per heavy atom. The molecule has 2 heterocycles. The van der Waals surface area contributed by atoms with E-state index in [1.807, 2.05) is 24.3 Å². The zero-order chi connectivity index (χ0) is 14.8. The van der Waals surface area contributed by atoms with Crippen molar-refractivity contribution in [3.8, 4) is 0 Å². The summed E-state index contributed by atoms with van der Waals surface area (Å²) >= 11 is 0. The molecule has 0 aliphatic carbocycles. The highest BCUT2D eigenvalue weighted by atomic mass is 16.5. The molecule has 112 valence electrons. The number of carboxylic acids is 1. The van der Waals surface area contributed by atoms with E-state index in [-0.39, 0.29) is 18.9 Å². The third-order valence-electron chi connectivity index (χ3n) is 4.01. The molecule has 0 spiro atoms. The van der Waals surface area contributed by atoms with Crippen LogP contribution in [0.3, 0.4) is 0 Å². The Bertz CT molecular complexity index is 537. The number of ether oxygens (including phenoxy) is 1. The SMILES string of the molecule is O=C(O)[C@H]1CC(=O)N(c2ccc(N3CCOCC3)cc2)C1. The number of morpholine rings is 1. The number of hydrogen-bond acceptors (Lipinski definition) is 4. The molecule has 2 aliphatic rings. The number of carbonyl (C=O) groups is 2. The Labute approximate surface area is 122 Å². The molecule has 0 saturated carbocycles. The second kappa shape index (κ2) is 5.73. The molecule has 3 rings (SSSR count). The fourth-order valence-electron chi connectivity index (χ4n) is 2.79. The molecule has 2 fully saturated rings. The number of amides is 1. The van der Waals surface area contributed by atoms with Crippen molar-refractivity contribution in [1.29, 1.82) is 0 Å². The van der Waals surface area contributed by atoms with Crippen molar-refractivity contribution < 1.29 is 19.4 Å². The molecule has 21 heavy (non-hydrogen) atoms. The maximum atomic E-state index is 11.9. The fourth-order valence-corrected chi connectivity index (χ4v) is 2.79. The number of benzene rings is 1. The molecule has 0 unspecified atom stereocenters. The molecule has 1 N–H and O–H groups in total. The van der Waals surface area contributed by atoms with Gasteiger partial charge in [-0.2, -0.15) is 0 Å². The van der Waals surface area contributed by atoms with Crippen molar-refractivity contribution in [3.63, 3.8) is 0 Å². The molecule has 6 nitrogen and oxygen atoms in total. The molecular weight excluding hydrogens is 272 g/mol. The van der Waals surface area contributed by atoms with E-state index in [0.29, 0.717) is 0 Å². The van der Waals surface area contributed by atoms with Gasteiger partial charge in [0, 0.05) is 37.4 Å². The van der Waals surface area contributed by atoms with E-state index in [1.165, 1.54) is 0 Å². The van der Waals surface area contributed by atoms with Crippen LogP contribution in [-0.2, 0) is 14.3 Å². The number of carbonyl (C=O) groups excluding carboxylic acids is 1. The molecule has 0 radical (unpaired) electrons. The Kier molecular flexibility index (Phi) is 3.79. The second-order valence-electron chi connectivity index (χ2n) is 5.36. The van der Waals surface area contributed by atoms with Crippen LogP contribution in [0, 0.1) is 5.92 Å². The predicted molar refractivity (Wildman–Crippen MR) is 77.6 cm³/mol. The van der Waals surface area contributed by atoms with E-state index in [2.05, 4.69) is 4.90 Å². The minimum absolute atomic E-state index is 0.0839. The number of carboxylic acid groups (broad SMARTS) is 1. The Morgan fingerprint density at radius 2 is 1.76 bits per heavy atom. The number of rotatable bonds is 3. The first-order valence-corrected chi connectivity index (χ1v) is 7.11. The van der Waals surface area contributed by atoms with Gasteiger partial charge in [-0.3, -0.25) is 9.59 Å². The van der Waals surface area contributed by atoms with Crippen LogP contribution in [0.15, 0.2) is 24.3 Å². The monoisotopic (exact) mass is 290 g/mol. The summed E-state index contributed by atoms with van der Waals surface area (Å²) in [5.74, 6) is -1.63. The van der Waals surface area contributed by atoms with E-state index in [1.54, 1.807) is 4.90 Å². The number of anilines is 2. The maximum absolute atomic E-state index is 11.9. The van der Waals surface area contributed by atoms with Gasteiger partial charge in [0.2, 0.25) is 5.91 Å². The molecule has 6 heteroatoms. The van der Waals surface area contributed by atoms with Gasteiger partial charge in [0.1, 0.15) is 0 Å². The standard InChI is InChI=1S/C15H18N2O4/c18-14-9-11(15(19)20)10-17(14)13-3-1-12(2-4-13)16-5-7-21-8-6-16/h1-4,11H,5-10H2,(H,19,20)/t11-/m0/s1. The summed E-state index contributed by atoms with van der Waals surface area (Å²) in [4.78, 5) is 26.7. The first-order chi connectivity index (χ1) is 10.1. The quantitative estimate of drug-likeness (QED) is 0.898. The van der Waals surface area contributed by atoms with Crippen molar-refractivity contribution in [2.45, 2.75) is 6.42 Å². The predicted octanol–water partition coefficient (Wildman–Crippen LogP) is 0.961. The van der Waals surface area contributed by atoms with Crippen LogP contribution >= 0.6 is 0 Å². The number of aliphatic carboxylic acids is 1. The molecule has 1 aromatic carbocycles. The molecule has 0 bridgehead atoms. The summed E-state index contributed by atoms with van der Waals surface area (Å²) in [6.07, 6.45) is 0.0839. The smallest absolute Gasteiger partial charge is 0.308 e. The van der Waals surface area contributed by atoms with Gasteiger partial charge in [-0.25, -0.2) is 0 Å². The van der Waals surface area contributed by atoms with Crippen molar-refractivity contribution in [2.24, 2.45) is 5.92 Å². The summed E-state index contributed by atoms with van der Waals surface area (Å²) in [5.41, 5.74) is 1.87. The first kappa shape index (κ1) is 13.9. The van der Waals surface area contributed by atoms with E-state index in [0.717, 1.165) is 37.7 Å². The van der Waals surface area contributed by atoms with Gasteiger partial charge in [0.05, 0.1) is 19.1 Å². The molecule has 2 aliphatic heterocycles. The van der Waals surface area contributed by atoms with Gasteiger partial charge in [0.25, 0.3) is 0 Å². The lowest BCUT2D eigenvalue weighted by atomic mass is 10.1. The zero-order valence-electron chi connectivity index (χ0n) is 11.7.